The first-order chi connectivity index (χ1) is 9.56. The van der Waals surface area contributed by atoms with E-state index in [1.807, 2.05) is 0 Å². The van der Waals surface area contributed by atoms with Crippen molar-refractivity contribution >= 4 is 15.8 Å². The molecule has 2 N–H and O–H groups in total. The Hall–Kier alpha value is -1.14. The van der Waals surface area contributed by atoms with Gasteiger partial charge in [0, 0.05) is 25.4 Å². The number of anilines is 1. The van der Waals surface area contributed by atoms with E-state index in [2.05, 4.69) is 21.9 Å². The average molecular weight is 297 g/mol. The van der Waals surface area contributed by atoms with E-state index in [0.717, 1.165) is 25.7 Å². The molecule has 20 heavy (non-hydrogen) atoms. The highest BCUT2D eigenvalue weighted by atomic mass is 32.2. The third-order valence-corrected chi connectivity index (χ3v) is 5.53. The number of nitrogens with zero attached hydrogens (tertiary/aromatic N) is 1. The predicted molar refractivity (Wildman–Crippen MR) is 80.1 cm³/mol. The molecule has 1 aromatic rings. The van der Waals surface area contributed by atoms with Gasteiger partial charge in [0.2, 0.25) is 10.0 Å². The quantitative estimate of drug-likeness (QED) is 0.875. The molecule has 6 heteroatoms. The summed E-state index contributed by atoms with van der Waals surface area (Å²) in [6, 6.07) is 3.16. The van der Waals surface area contributed by atoms with Gasteiger partial charge in [0.25, 0.3) is 0 Å². The third kappa shape index (κ3) is 3.49. The molecule has 5 nitrogen and oxygen atoms in total. The molecule has 1 saturated carbocycles. The van der Waals surface area contributed by atoms with Gasteiger partial charge in [-0.1, -0.05) is 26.2 Å². The molecule has 0 saturated heterocycles. The second kappa shape index (κ2) is 6.54. The maximum atomic E-state index is 12.5. The van der Waals surface area contributed by atoms with Gasteiger partial charge in [-0.15, -0.1) is 0 Å². The van der Waals surface area contributed by atoms with E-state index >= 15 is 0 Å². The zero-order valence-electron chi connectivity index (χ0n) is 12.1. The molecule has 2 atom stereocenters. The van der Waals surface area contributed by atoms with Crippen LogP contribution < -0.4 is 10.0 Å². The molecule has 2 rings (SSSR count). The molecule has 0 amide bonds. The van der Waals surface area contributed by atoms with Crippen molar-refractivity contribution < 1.29 is 8.42 Å². The lowest BCUT2D eigenvalue weighted by Crippen LogP contribution is -2.41. The first kappa shape index (κ1) is 15.3. The molecular formula is C14H23N3O2S. The summed E-state index contributed by atoms with van der Waals surface area (Å²) >= 11 is 0. The second-order valence-electron chi connectivity index (χ2n) is 5.31. The molecule has 1 heterocycles. The molecule has 112 valence electrons. The SMILES string of the molecule is CCC1CCCCC1NS(=O)(=O)c1ccnc(NC)c1. The Balaban J connectivity index is 2.17. The zero-order valence-corrected chi connectivity index (χ0v) is 12.9. The van der Waals surface area contributed by atoms with Gasteiger partial charge in [-0.2, -0.15) is 0 Å². The molecule has 0 aliphatic heterocycles. The Bertz CT molecular complexity index is 545. The van der Waals surface area contributed by atoms with Crippen molar-refractivity contribution in [1.82, 2.24) is 9.71 Å². The third-order valence-electron chi connectivity index (χ3n) is 4.04. The van der Waals surface area contributed by atoms with Crippen LogP contribution in [0.15, 0.2) is 23.2 Å². The molecule has 2 unspecified atom stereocenters. The van der Waals surface area contributed by atoms with Crippen LogP contribution in [0, 0.1) is 5.92 Å². The van der Waals surface area contributed by atoms with Crippen molar-refractivity contribution in [2.75, 3.05) is 12.4 Å². The first-order valence-corrected chi connectivity index (χ1v) is 8.71. The lowest BCUT2D eigenvalue weighted by Gasteiger charge is -2.31. The number of rotatable bonds is 5. The monoisotopic (exact) mass is 297 g/mol. The second-order valence-corrected chi connectivity index (χ2v) is 7.02. The zero-order chi connectivity index (χ0) is 14.6. The molecule has 0 spiro atoms. The van der Waals surface area contributed by atoms with Crippen LogP contribution >= 0.6 is 0 Å². The maximum Gasteiger partial charge on any atom is 0.241 e. The number of nitrogens with one attached hydrogen (secondary N) is 2. The smallest absolute Gasteiger partial charge is 0.241 e. The van der Waals surface area contributed by atoms with E-state index < -0.39 is 10.0 Å². The summed E-state index contributed by atoms with van der Waals surface area (Å²) < 4.78 is 27.8. The van der Waals surface area contributed by atoms with Crippen LogP contribution in [0.1, 0.15) is 39.0 Å². The van der Waals surface area contributed by atoms with Crippen LogP contribution in [0.25, 0.3) is 0 Å². The molecule has 1 fully saturated rings. The summed E-state index contributed by atoms with van der Waals surface area (Å²) in [4.78, 5) is 4.32. The van der Waals surface area contributed by atoms with Crippen LogP contribution in [0.2, 0.25) is 0 Å². The molecule has 1 aliphatic rings. The van der Waals surface area contributed by atoms with E-state index in [0.29, 0.717) is 11.7 Å². The number of hydrogen-bond donors (Lipinski definition) is 2. The van der Waals surface area contributed by atoms with Crippen molar-refractivity contribution in [1.29, 1.82) is 0 Å². The van der Waals surface area contributed by atoms with Gasteiger partial charge in [-0.3, -0.25) is 0 Å². The molecule has 0 bridgehead atoms. The summed E-state index contributed by atoms with van der Waals surface area (Å²) in [7, 11) is -1.74. The topological polar surface area (TPSA) is 71.1 Å². The van der Waals surface area contributed by atoms with Crippen LogP contribution in [0.4, 0.5) is 5.82 Å². The van der Waals surface area contributed by atoms with Crippen molar-refractivity contribution in [3.8, 4) is 0 Å². The largest absolute Gasteiger partial charge is 0.373 e. The van der Waals surface area contributed by atoms with Gasteiger partial charge in [0.15, 0.2) is 0 Å². The van der Waals surface area contributed by atoms with E-state index in [-0.39, 0.29) is 10.9 Å². The van der Waals surface area contributed by atoms with Crippen molar-refractivity contribution in [3.63, 3.8) is 0 Å². The molecule has 1 aliphatic carbocycles. The van der Waals surface area contributed by atoms with Crippen LogP contribution in [0.5, 0.6) is 0 Å². The van der Waals surface area contributed by atoms with Gasteiger partial charge < -0.3 is 5.32 Å². The lowest BCUT2D eigenvalue weighted by molar-refractivity contribution is 0.282. The van der Waals surface area contributed by atoms with E-state index in [4.69, 9.17) is 0 Å². The van der Waals surface area contributed by atoms with E-state index in [9.17, 15) is 8.42 Å². The normalized spacial score (nSPS) is 23.5. The minimum absolute atomic E-state index is 0.0601. The van der Waals surface area contributed by atoms with Gasteiger partial charge in [-0.25, -0.2) is 18.1 Å². The summed E-state index contributed by atoms with van der Waals surface area (Å²) in [5, 5.41) is 2.86. The highest BCUT2D eigenvalue weighted by Gasteiger charge is 2.28. The maximum absolute atomic E-state index is 12.5. The van der Waals surface area contributed by atoms with Crippen LogP contribution in [-0.2, 0) is 10.0 Å². The number of hydrogen-bond acceptors (Lipinski definition) is 4. The van der Waals surface area contributed by atoms with Gasteiger partial charge in [0.1, 0.15) is 5.82 Å². The van der Waals surface area contributed by atoms with Crippen LogP contribution in [-0.4, -0.2) is 26.5 Å². The molecule has 1 aromatic heterocycles. The minimum atomic E-state index is -3.47. The Morgan fingerprint density at radius 1 is 1.35 bits per heavy atom. The Morgan fingerprint density at radius 3 is 2.80 bits per heavy atom. The number of sulfonamides is 1. The molecular weight excluding hydrogens is 274 g/mol. The molecule has 0 aromatic carbocycles. The number of pyridine rings is 1. The highest BCUT2D eigenvalue weighted by Crippen LogP contribution is 2.28. The minimum Gasteiger partial charge on any atom is -0.373 e. The van der Waals surface area contributed by atoms with Crippen molar-refractivity contribution in [2.45, 2.75) is 50.0 Å². The molecule has 0 radical (unpaired) electrons. The highest BCUT2D eigenvalue weighted by molar-refractivity contribution is 7.89. The van der Waals surface area contributed by atoms with Crippen molar-refractivity contribution in [3.05, 3.63) is 18.3 Å². The fraction of sp³-hybridized carbons (Fsp3) is 0.643. The Kier molecular flexibility index (Phi) is 4.99. The summed E-state index contributed by atoms with van der Waals surface area (Å²) in [5.41, 5.74) is 0. The summed E-state index contributed by atoms with van der Waals surface area (Å²) in [6.45, 7) is 2.13. The first-order valence-electron chi connectivity index (χ1n) is 7.23. The predicted octanol–water partition coefficient (Wildman–Crippen LogP) is 2.37. The van der Waals surface area contributed by atoms with Crippen LogP contribution in [0.3, 0.4) is 0 Å². The lowest BCUT2D eigenvalue weighted by atomic mass is 9.83. The van der Waals surface area contributed by atoms with Crippen molar-refractivity contribution in [2.24, 2.45) is 5.92 Å². The fourth-order valence-corrected chi connectivity index (χ4v) is 4.19. The fourth-order valence-electron chi connectivity index (χ4n) is 2.83. The van der Waals surface area contributed by atoms with E-state index in [1.165, 1.54) is 18.7 Å². The number of aromatic nitrogens is 1. The summed E-state index contributed by atoms with van der Waals surface area (Å²) in [6.07, 6.45) is 6.88. The van der Waals surface area contributed by atoms with Gasteiger partial charge in [0.05, 0.1) is 4.90 Å². The van der Waals surface area contributed by atoms with Gasteiger partial charge in [-0.05, 0) is 24.8 Å². The average Bonchev–Trinajstić information content (AvgIpc) is 2.47. The Labute approximate surface area is 121 Å². The standard InChI is InChI=1S/C14H23N3O2S/c1-3-11-6-4-5-7-13(11)17-20(18,19)12-8-9-16-14(10-12)15-2/h8-11,13,17H,3-7H2,1-2H3,(H,15,16). The summed E-state index contributed by atoms with van der Waals surface area (Å²) in [5.74, 6) is 1.01. The van der Waals surface area contributed by atoms with Gasteiger partial charge >= 0.3 is 0 Å². The Morgan fingerprint density at radius 2 is 2.10 bits per heavy atom. The van der Waals surface area contributed by atoms with E-state index in [1.54, 1.807) is 13.1 Å².